The van der Waals surface area contributed by atoms with E-state index in [1.54, 1.807) is 24.9 Å². The third-order valence-electron chi connectivity index (χ3n) is 5.57. The van der Waals surface area contributed by atoms with Crippen LogP contribution in [-0.4, -0.2) is 84.4 Å². The van der Waals surface area contributed by atoms with Crippen LogP contribution in [0.1, 0.15) is 52.9 Å². The monoisotopic (exact) mass is 438 g/mol. The zero-order valence-electron chi connectivity index (χ0n) is 19.2. The molecule has 2 atom stereocenters. The summed E-state index contributed by atoms with van der Waals surface area (Å²) in [6.45, 7) is 6.73. The van der Waals surface area contributed by atoms with Gasteiger partial charge in [-0.2, -0.15) is 0 Å². The number of nitrogens with one attached hydrogen (secondary N) is 2. The van der Waals surface area contributed by atoms with Gasteiger partial charge in [0.05, 0.1) is 12.6 Å². The van der Waals surface area contributed by atoms with Crippen molar-refractivity contribution in [3.63, 3.8) is 0 Å². The van der Waals surface area contributed by atoms with Gasteiger partial charge in [0.15, 0.2) is 0 Å². The third kappa shape index (κ3) is 8.32. The van der Waals surface area contributed by atoms with Gasteiger partial charge in [0.2, 0.25) is 24.1 Å². The molecule has 0 aromatic rings. The van der Waals surface area contributed by atoms with E-state index < -0.39 is 6.04 Å². The molecule has 1 fully saturated rings. The van der Waals surface area contributed by atoms with Gasteiger partial charge < -0.3 is 25.5 Å². The fourth-order valence-corrected chi connectivity index (χ4v) is 3.75. The number of hydrogen-bond donors (Lipinski definition) is 3. The maximum Gasteiger partial charge on any atom is 0.249 e. The van der Waals surface area contributed by atoms with Gasteiger partial charge in [0.25, 0.3) is 0 Å². The van der Waals surface area contributed by atoms with Crippen LogP contribution in [0.4, 0.5) is 0 Å². The average molecular weight is 439 g/mol. The lowest BCUT2D eigenvalue weighted by atomic mass is 9.99. The van der Waals surface area contributed by atoms with Crippen LogP contribution in [0, 0.1) is 5.92 Å². The van der Waals surface area contributed by atoms with Crippen molar-refractivity contribution in [2.45, 2.75) is 65.0 Å². The van der Waals surface area contributed by atoms with Gasteiger partial charge in [-0.25, -0.2) is 0 Å². The molecule has 1 rings (SSSR count). The van der Waals surface area contributed by atoms with Gasteiger partial charge in [-0.05, 0) is 44.9 Å². The van der Waals surface area contributed by atoms with Crippen LogP contribution < -0.4 is 10.6 Å². The Bertz CT molecular complexity index is 650. The van der Waals surface area contributed by atoms with Crippen molar-refractivity contribution in [1.82, 2.24) is 20.4 Å². The normalized spacial score (nSPS) is 17.4. The number of nitrogens with zero attached hydrogens (tertiary/aromatic N) is 2. The van der Waals surface area contributed by atoms with Crippen LogP contribution in [0.15, 0.2) is 11.6 Å². The predicted octanol–water partition coefficient (Wildman–Crippen LogP) is 0.432. The zero-order chi connectivity index (χ0) is 23.4. The maximum atomic E-state index is 13.1. The summed E-state index contributed by atoms with van der Waals surface area (Å²) < 4.78 is 0. The molecule has 0 spiro atoms. The summed E-state index contributed by atoms with van der Waals surface area (Å²) in [6, 6.07) is -0.798. The summed E-state index contributed by atoms with van der Waals surface area (Å²) in [6.07, 6.45) is 6.00. The molecule has 0 radical (unpaired) electrons. The van der Waals surface area contributed by atoms with Crippen molar-refractivity contribution < 1.29 is 24.3 Å². The standard InChI is InChI=1S/C22H38N4O5/c1-16(2)19(25(4)20(29)14-23-15-28)13-17(3)22(31)26-11-8-9-18(26)21(30)24-10-6-5-7-12-27/h13,15-16,18-19,27H,5-12,14H2,1-4H3,(H,23,28)(H,24,30)/b17-13+. The Morgan fingerprint density at radius 2 is 1.94 bits per heavy atom. The summed E-state index contributed by atoms with van der Waals surface area (Å²) in [4.78, 5) is 51.5. The fourth-order valence-electron chi connectivity index (χ4n) is 3.75. The number of amides is 4. The molecule has 1 aliphatic rings. The minimum absolute atomic E-state index is 0.0597. The average Bonchev–Trinajstić information content (AvgIpc) is 3.24. The second-order valence-electron chi connectivity index (χ2n) is 8.32. The number of likely N-dealkylation sites (tertiary alicyclic amines) is 1. The summed E-state index contributed by atoms with van der Waals surface area (Å²) in [5.41, 5.74) is 0.490. The van der Waals surface area contributed by atoms with Crippen molar-refractivity contribution in [2.24, 2.45) is 5.92 Å². The fraction of sp³-hybridized carbons (Fsp3) is 0.727. The minimum Gasteiger partial charge on any atom is -0.396 e. The van der Waals surface area contributed by atoms with E-state index in [1.807, 2.05) is 13.8 Å². The Balaban J connectivity index is 2.80. The van der Waals surface area contributed by atoms with Gasteiger partial charge in [-0.1, -0.05) is 19.9 Å². The largest absolute Gasteiger partial charge is 0.396 e. The van der Waals surface area contributed by atoms with E-state index in [0.717, 1.165) is 19.3 Å². The smallest absolute Gasteiger partial charge is 0.249 e. The van der Waals surface area contributed by atoms with E-state index in [0.29, 0.717) is 37.9 Å². The Morgan fingerprint density at radius 3 is 2.55 bits per heavy atom. The Labute approximate surface area is 185 Å². The summed E-state index contributed by atoms with van der Waals surface area (Å²) in [5.74, 6) is -0.530. The van der Waals surface area contributed by atoms with Gasteiger partial charge in [0.1, 0.15) is 6.04 Å². The van der Waals surface area contributed by atoms with E-state index >= 15 is 0 Å². The predicted molar refractivity (Wildman–Crippen MR) is 118 cm³/mol. The number of hydrogen-bond acceptors (Lipinski definition) is 5. The van der Waals surface area contributed by atoms with Crippen molar-refractivity contribution in [2.75, 3.05) is 33.3 Å². The van der Waals surface area contributed by atoms with Crippen molar-refractivity contribution in [1.29, 1.82) is 0 Å². The maximum absolute atomic E-state index is 13.1. The lowest BCUT2D eigenvalue weighted by Gasteiger charge is -2.30. The van der Waals surface area contributed by atoms with E-state index in [9.17, 15) is 19.2 Å². The molecule has 2 unspecified atom stereocenters. The highest BCUT2D eigenvalue weighted by molar-refractivity contribution is 5.97. The highest BCUT2D eigenvalue weighted by Gasteiger charge is 2.34. The molecule has 9 nitrogen and oxygen atoms in total. The molecule has 3 N–H and O–H groups in total. The summed E-state index contributed by atoms with van der Waals surface area (Å²) in [5, 5.41) is 14.1. The molecule has 4 amide bonds. The van der Waals surface area contributed by atoms with E-state index in [1.165, 1.54) is 4.90 Å². The summed E-state index contributed by atoms with van der Waals surface area (Å²) >= 11 is 0. The first kappa shape index (κ1) is 26.6. The van der Waals surface area contributed by atoms with Gasteiger partial charge >= 0.3 is 0 Å². The quantitative estimate of drug-likeness (QED) is 0.219. The SMILES string of the molecule is C/C(=C\C(C(C)C)N(C)C(=O)CNC=O)C(=O)N1CCCC1C(=O)NCCCCCO. The van der Waals surface area contributed by atoms with Gasteiger partial charge in [-0.3, -0.25) is 19.2 Å². The number of likely N-dealkylation sites (N-methyl/N-ethyl adjacent to an activating group) is 1. The first-order valence-electron chi connectivity index (χ1n) is 11.0. The highest BCUT2D eigenvalue weighted by Crippen LogP contribution is 2.21. The number of unbranched alkanes of at least 4 members (excludes halogenated alkanes) is 2. The lowest BCUT2D eigenvalue weighted by Crippen LogP contribution is -2.47. The number of aliphatic hydroxyl groups is 1. The molecule has 1 heterocycles. The van der Waals surface area contributed by atoms with Crippen molar-refractivity contribution in [3.05, 3.63) is 11.6 Å². The number of rotatable bonds is 13. The van der Waals surface area contributed by atoms with Gasteiger partial charge in [-0.15, -0.1) is 0 Å². The molecule has 0 bridgehead atoms. The molecule has 9 heteroatoms. The Morgan fingerprint density at radius 1 is 1.23 bits per heavy atom. The van der Waals surface area contributed by atoms with Crippen molar-refractivity contribution in [3.8, 4) is 0 Å². The number of carbonyl (C=O) groups excluding carboxylic acids is 4. The Hall–Kier alpha value is -2.42. The molecular weight excluding hydrogens is 400 g/mol. The van der Waals surface area contributed by atoms with Gasteiger partial charge in [0, 0.05) is 32.3 Å². The second-order valence-corrected chi connectivity index (χ2v) is 8.32. The number of carbonyl (C=O) groups is 4. The minimum atomic E-state index is -0.484. The van der Waals surface area contributed by atoms with Crippen molar-refractivity contribution >= 4 is 24.1 Å². The van der Waals surface area contributed by atoms with E-state index in [2.05, 4.69) is 10.6 Å². The highest BCUT2D eigenvalue weighted by atomic mass is 16.3. The molecule has 0 aromatic heterocycles. The lowest BCUT2D eigenvalue weighted by molar-refractivity contribution is -0.135. The van der Waals surface area contributed by atoms with Crippen LogP contribution in [0.3, 0.4) is 0 Å². The van der Waals surface area contributed by atoms with Crippen LogP contribution in [0.2, 0.25) is 0 Å². The van der Waals surface area contributed by atoms with Crippen LogP contribution in [0.5, 0.6) is 0 Å². The topological polar surface area (TPSA) is 119 Å². The first-order valence-corrected chi connectivity index (χ1v) is 11.0. The zero-order valence-corrected chi connectivity index (χ0v) is 19.2. The molecule has 0 aliphatic carbocycles. The van der Waals surface area contributed by atoms with Crippen LogP contribution in [0.25, 0.3) is 0 Å². The molecule has 1 saturated heterocycles. The van der Waals surface area contributed by atoms with E-state index in [4.69, 9.17) is 5.11 Å². The van der Waals surface area contributed by atoms with E-state index in [-0.39, 0.29) is 42.8 Å². The third-order valence-corrected chi connectivity index (χ3v) is 5.57. The Kier molecular flexibility index (Phi) is 11.8. The molecule has 0 aromatic carbocycles. The number of aliphatic hydroxyl groups excluding tert-OH is 1. The summed E-state index contributed by atoms with van der Waals surface area (Å²) in [7, 11) is 1.65. The first-order chi connectivity index (χ1) is 14.7. The molecule has 176 valence electrons. The molecule has 0 saturated carbocycles. The molecular formula is C22H38N4O5. The molecule has 31 heavy (non-hydrogen) atoms. The van der Waals surface area contributed by atoms with Crippen LogP contribution >= 0.6 is 0 Å². The second kappa shape index (κ2) is 13.8. The molecule has 1 aliphatic heterocycles. The van der Waals surface area contributed by atoms with Crippen LogP contribution in [-0.2, 0) is 19.2 Å².